The number of hydrogen-bond donors (Lipinski definition) is 1. The molecule has 4 amide bonds. The standard InChI is InChI=1S/C18H28N4O4.ClH/c23-15-3-1-4-16(24)22(15)6-2-5-19-17-13-11-21(12-14(13)17)18(25)20-7-9-26-10-8-20;/h13-14,17,19H,1-12H2;1H. The van der Waals surface area contributed by atoms with Gasteiger partial charge in [-0.3, -0.25) is 14.5 Å². The van der Waals surface area contributed by atoms with E-state index in [1.54, 1.807) is 0 Å². The largest absolute Gasteiger partial charge is 0.378 e. The number of urea groups is 1. The lowest BCUT2D eigenvalue weighted by molar-refractivity contribution is -0.147. The van der Waals surface area contributed by atoms with E-state index in [1.807, 2.05) is 9.80 Å². The smallest absolute Gasteiger partial charge is 0.320 e. The lowest BCUT2D eigenvalue weighted by Gasteiger charge is -2.32. The van der Waals surface area contributed by atoms with Crippen LogP contribution in [0.1, 0.15) is 25.7 Å². The number of morpholine rings is 1. The van der Waals surface area contributed by atoms with Gasteiger partial charge in [0.05, 0.1) is 13.2 Å². The molecule has 3 aliphatic heterocycles. The normalized spacial score (nSPS) is 30.2. The van der Waals surface area contributed by atoms with Crippen molar-refractivity contribution in [3.63, 3.8) is 0 Å². The van der Waals surface area contributed by atoms with Crippen LogP contribution in [-0.4, -0.2) is 91.1 Å². The second-order valence-electron chi connectivity index (χ2n) is 7.74. The molecule has 1 N–H and O–H groups in total. The number of halogens is 1. The maximum absolute atomic E-state index is 12.5. The average Bonchev–Trinajstić information content (AvgIpc) is 3.10. The van der Waals surface area contributed by atoms with Crippen LogP contribution in [0.15, 0.2) is 0 Å². The SMILES string of the molecule is Cl.O=C(N1CCOCC1)N1CC2C(C1)C2NCCCN1C(=O)CCCC1=O. The summed E-state index contributed by atoms with van der Waals surface area (Å²) in [6.45, 7) is 5.67. The van der Waals surface area contributed by atoms with Crippen LogP contribution in [0.3, 0.4) is 0 Å². The molecule has 27 heavy (non-hydrogen) atoms. The highest BCUT2D eigenvalue weighted by Crippen LogP contribution is 2.45. The summed E-state index contributed by atoms with van der Waals surface area (Å²) in [6, 6.07) is 0.637. The van der Waals surface area contributed by atoms with E-state index in [2.05, 4.69) is 5.32 Å². The van der Waals surface area contributed by atoms with Crippen molar-refractivity contribution in [3.05, 3.63) is 0 Å². The van der Waals surface area contributed by atoms with Crippen LogP contribution in [0.25, 0.3) is 0 Å². The molecule has 2 unspecified atom stereocenters. The first kappa shape index (κ1) is 20.4. The Morgan fingerprint density at radius 2 is 1.67 bits per heavy atom. The number of nitrogens with zero attached hydrogens (tertiary/aromatic N) is 3. The number of nitrogens with one attached hydrogen (secondary N) is 1. The Morgan fingerprint density at radius 3 is 2.30 bits per heavy atom. The van der Waals surface area contributed by atoms with E-state index in [-0.39, 0.29) is 30.3 Å². The van der Waals surface area contributed by atoms with Crippen molar-refractivity contribution >= 4 is 30.3 Å². The summed E-state index contributed by atoms with van der Waals surface area (Å²) in [5.74, 6) is 1.06. The van der Waals surface area contributed by atoms with Crippen molar-refractivity contribution in [1.82, 2.24) is 20.0 Å². The van der Waals surface area contributed by atoms with Gasteiger partial charge in [-0.25, -0.2) is 4.79 Å². The first-order valence-electron chi connectivity index (χ1n) is 9.83. The van der Waals surface area contributed by atoms with Crippen molar-refractivity contribution in [1.29, 1.82) is 0 Å². The molecule has 0 radical (unpaired) electrons. The molecule has 152 valence electrons. The van der Waals surface area contributed by atoms with Crippen molar-refractivity contribution in [2.24, 2.45) is 11.8 Å². The fourth-order valence-electron chi connectivity index (χ4n) is 4.50. The molecule has 8 nitrogen and oxygen atoms in total. The number of hydrogen-bond acceptors (Lipinski definition) is 5. The third-order valence-corrected chi connectivity index (χ3v) is 6.07. The molecular weight excluding hydrogens is 372 g/mol. The number of likely N-dealkylation sites (tertiary alicyclic amines) is 2. The third kappa shape index (κ3) is 4.38. The Kier molecular flexibility index (Phi) is 6.60. The number of carbonyl (C=O) groups excluding carboxylic acids is 3. The Bertz CT molecular complexity index is 556. The van der Waals surface area contributed by atoms with Gasteiger partial charge in [0.25, 0.3) is 0 Å². The number of ether oxygens (including phenoxy) is 1. The van der Waals surface area contributed by atoms with Gasteiger partial charge in [-0.1, -0.05) is 0 Å². The Morgan fingerprint density at radius 1 is 1.04 bits per heavy atom. The van der Waals surface area contributed by atoms with Crippen LogP contribution in [-0.2, 0) is 14.3 Å². The summed E-state index contributed by atoms with van der Waals surface area (Å²) in [7, 11) is 0. The summed E-state index contributed by atoms with van der Waals surface area (Å²) < 4.78 is 5.30. The predicted molar refractivity (Wildman–Crippen MR) is 101 cm³/mol. The van der Waals surface area contributed by atoms with Crippen molar-refractivity contribution in [3.8, 4) is 0 Å². The van der Waals surface area contributed by atoms with E-state index in [9.17, 15) is 14.4 Å². The summed E-state index contributed by atoms with van der Waals surface area (Å²) in [5, 5.41) is 3.55. The molecule has 1 saturated carbocycles. The van der Waals surface area contributed by atoms with E-state index in [4.69, 9.17) is 4.74 Å². The minimum absolute atomic E-state index is 0. The molecule has 0 spiro atoms. The van der Waals surface area contributed by atoms with Crippen LogP contribution in [0, 0.1) is 11.8 Å². The zero-order valence-corrected chi connectivity index (χ0v) is 16.4. The molecule has 3 heterocycles. The van der Waals surface area contributed by atoms with Gasteiger partial charge in [0, 0.05) is 51.6 Å². The third-order valence-electron chi connectivity index (χ3n) is 6.07. The summed E-state index contributed by atoms with van der Waals surface area (Å²) in [6.07, 6.45) is 2.49. The van der Waals surface area contributed by atoms with Crippen molar-refractivity contribution in [2.75, 3.05) is 52.5 Å². The zero-order valence-electron chi connectivity index (χ0n) is 15.6. The first-order chi connectivity index (χ1) is 12.6. The van der Waals surface area contributed by atoms with E-state index in [1.165, 1.54) is 4.90 Å². The molecule has 0 aromatic heterocycles. The molecule has 9 heteroatoms. The second kappa shape index (κ2) is 8.75. The minimum atomic E-state index is -0.0261. The van der Waals surface area contributed by atoms with Crippen LogP contribution < -0.4 is 5.32 Å². The molecule has 2 atom stereocenters. The maximum Gasteiger partial charge on any atom is 0.320 e. The summed E-state index contributed by atoms with van der Waals surface area (Å²) >= 11 is 0. The lowest BCUT2D eigenvalue weighted by Crippen LogP contribution is -2.48. The topological polar surface area (TPSA) is 82.2 Å². The quantitative estimate of drug-likeness (QED) is 0.530. The van der Waals surface area contributed by atoms with Gasteiger partial charge >= 0.3 is 6.03 Å². The fraction of sp³-hybridized carbons (Fsp3) is 0.833. The number of rotatable bonds is 5. The van der Waals surface area contributed by atoms with Gasteiger partial charge < -0.3 is 19.9 Å². The first-order valence-corrected chi connectivity index (χ1v) is 9.83. The molecule has 4 fully saturated rings. The minimum Gasteiger partial charge on any atom is -0.378 e. The van der Waals surface area contributed by atoms with Gasteiger partial charge in [-0.05, 0) is 31.2 Å². The Balaban J connectivity index is 0.00000210. The predicted octanol–water partition coefficient (Wildman–Crippen LogP) is 0.309. The molecule has 4 aliphatic rings. The zero-order chi connectivity index (χ0) is 18.1. The van der Waals surface area contributed by atoms with Crippen LogP contribution in [0.2, 0.25) is 0 Å². The highest BCUT2D eigenvalue weighted by Gasteiger charge is 2.56. The molecular formula is C18H29ClN4O4. The van der Waals surface area contributed by atoms with Crippen LogP contribution in [0.4, 0.5) is 4.79 Å². The van der Waals surface area contributed by atoms with Crippen LogP contribution >= 0.6 is 12.4 Å². The number of piperidine rings is 2. The van der Waals surface area contributed by atoms with Crippen molar-refractivity contribution < 1.29 is 19.1 Å². The highest BCUT2D eigenvalue weighted by molar-refractivity contribution is 5.97. The van der Waals surface area contributed by atoms with E-state index in [0.717, 1.165) is 26.1 Å². The van der Waals surface area contributed by atoms with Gasteiger partial charge in [-0.2, -0.15) is 0 Å². The molecule has 4 rings (SSSR count). The summed E-state index contributed by atoms with van der Waals surface area (Å²) in [4.78, 5) is 41.3. The van der Waals surface area contributed by atoms with E-state index < -0.39 is 0 Å². The molecule has 1 aliphatic carbocycles. The van der Waals surface area contributed by atoms with E-state index in [0.29, 0.717) is 70.0 Å². The summed E-state index contributed by atoms with van der Waals surface area (Å²) in [5.41, 5.74) is 0. The second-order valence-corrected chi connectivity index (χ2v) is 7.74. The van der Waals surface area contributed by atoms with Gasteiger partial charge in [0.15, 0.2) is 0 Å². The maximum atomic E-state index is 12.5. The lowest BCUT2D eigenvalue weighted by atomic mass is 10.1. The number of fused-ring (bicyclic) bond motifs is 1. The van der Waals surface area contributed by atoms with Gasteiger partial charge in [0.1, 0.15) is 0 Å². The number of carbonyl (C=O) groups is 3. The van der Waals surface area contributed by atoms with Gasteiger partial charge in [-0.15, -0.1) is 12.4 Å². The molecule has 3 saturated heterocycles. The molecule has 0 aromatic rings. The van der Waals surface area contributed by atoms with Crippen molar-refractivity contribution in [2.45, 2.75) is 31.7 Å². The highest BCUT2D eigenvalue weighted by atomic mass is 35.5. The van der Waals surface area contributed by atoms with E-state index >= 15 is 0 Å². The fourth-order valence-corrected chi connectivity index (χ4v) is 4.50. The molecule has 0 bridgehead atoms. The monoisotopic (exact) mass is 400 g/mol. The Labute approximate surface area is 166 Å². The molecule has 0 aromatic carbocycles. The number of amides is 4. The van der Waals surface area contributed by atoms with Gasteiger partial charge in [0.2, 0.25) is 11.8 Å². The number of imide groups is 1. The average molecular weight is 401 g/mol. The Hall–Kier alpha value is -1.38. The van der Waals surface area contributed by atoms with Crippen LogP contribution in [0.5, 0.6) is 0 Å².